The van der Waals surface area contributed by atoms with Crippen LogP contribution in [-0.4, -0.2) is 0 Å². The van der Waals surface area contributed by atoms with Gasteiger partial charge in [-0.05, 0) is 31.2 Å². The molecule has 0 spiro atoms. The van der Waals surface area contributed by atoms with Gasteiger partial charge in [0.15, 0.2) is 0 Å². The summed E-state index contributed by atoms with van der Waals surface area (Å²) in [5.74, 6) is 0.924. The number of benzene rings is 2. The molecule has 0 radical (unpaired) electrons. The van der Waals surface area contributed by atoms with Gasteiger partial charge in [0.2, 0.25) is 0 Å². The Labute approximate surface area is 178 Å². The van der Waals surface area contributed by atoms with Crippen LogP contribution < -0.4 is 10.6 Å². The molecule has 0 unspecified atom stereocenters. The largest absolute Gasteiger partial charge is 0.460 e. The van der Waals surface area contributed by atoms with Crippen LogP contribution >= 0.6 is 11.8 Å². The molecular formula is C24H16N4OS. The first kappa shape index (κ1) is 18.2. The van der Waals surface area contributed by atoms with E-state index in [0.29, 0.717) is 28.5 Å². The van der Waals surface area contributed by atoms with Crippen molar-refractivity contribution in [1.82, 2.24) is 0 Å². The first-order valence-electron chi connectivity index (χ1n) is 9.40. The summed E-state index contributed by atoms with van der Waals surface area (Å²) in [6, 6.07) is 24.0. The maximum absolute atomic E-state index is 10.0. The molecule has 5 nitrogen and oxygen atoms in total. The average Bonchev–Trinajstić information content (AvgIpc) is 3.39. The second-order valence-corrected chi connectivity index (χ2v) is 8.18. The van der Waals surface area contributed by atoms with Gasteiger partial charge in [0.1, 0.15) is 22.4 Å². The molecule has 0 fully saturated rings. The molecule has 3 aromatic rings. The molecule has 30 heavy (non-hydrogen) atoms. The van der Waals surface area contributed by atoms with Crippen LogP contribution in [0.2, 0.25) is 0 Å². The van der Waals surface area contributed by atoms with Crippen LogP contribution in [0.1, 0.15) is 17.2 Å². The van der Waals surface area contributed by atoms with Crippen LogP contribution in [0, 0.1) is 29.6 Å². The maximum Gasteiger partial charge on any atom is 0.134 e. The van der Waals surface area contributed by atoms with Gasteiger partial charge < -0.3 is 10.2 Å². The van der Waals surface area contributed by atoms with Crippen molar-refractivity contribution >= 4 is 17.4 Å². The number of aryl methyl sites for hydroxylation is 1. The summed E-state index contributed by atoms with van der Waals surface area (Å²) in [6.07, 6.45) is 0. The number of nitrogens with zero attached hydrogens (tertiary/aromatic N) is 3. The van der Waals surface area contributed by atoms with E-state index in [9.17, 15) is 10.5 Å². The number of allylic oxidation sites excluding steroid dienone is 2. The highest BCUT2D eigenvalue weighted by atomic mass is 32.2. The first-order valence-corrected chi connectivity index (χ1v) is 10.2. The van der Waals surface area contributed by atoms with Gasteiger partial charge in [0.05, 0.1) is 34.9 Å². The van der Waals surface area contributed by atoms with E-state index >= 15 is 0 Å². The Morgan fingerprint density at radius 3 is 2.43 bits per heavy atom. The fourth-order valence-corrected chi connectivity index (χ4v) is 5.02. The van der Waals surface area contributed by atoms with Crippen molar-refractivity contribution in [2.75, 3.05) is 4.90 Å². The van der Waals surface area contributed by atoms with Gasteiger partial charge in [-0.25, -0.2) is 0 Å². The van der Waals surface area contributed by atoms with Crippen molar-refractivity contribution in [3.63, 3.8) is 0 Å². The maximum atomic E-state index is 10.0. The Kier molecular flexibility index (Phi) is 4.17. The molecule has 144 valence electrons. The number of hydrogen-bond donors (Lipinski definition) is 1. The van der Waals surface area contributed by atoms with Crippen LogP contribution in [0.25, 0.3) is 11.3 Å². The minimum absolute atomic E-state index is 0.317. The van der Waals surface area contributed by atoms with E-state index in [-0.39, 0.29) is 0 Å². The average molecular weight is 408 g/mol. The van der Waals surface area contributed by atoms with Gasteiger partial charge in [-0.1, -0.05) is 53.7 Å². The first-order chi connectivity index (χ1) is 14.6. The predicted octanol–water partition coefficient (Wildman–Crippen LogP) is 5.39. The molecule has 2 aliphatic heterocycles. The van der Waals surface area contributed by atoms with E-state index in [0.717, 1.165) is 26.7 Å². The number of nitrogens with two attached hydrogens (primary N) is 1. The highest BCUT2D eigenvalue weighted by molar-refractivity contribution is 8.03. The van der Waals surface area contributed by atoms with E-state index in [1.54, 1.807) is 4.90 Å². The second kappa shape index (κ2) is 6.88. The number of hydrogen-bond acceptors (Lipinski definition) is 6. The van der Waals surface area contributed by atoms with E-state index in [4.69, 9.17) is 10.2 Å². The second-order valence-electron chi connectivity index (χ2n) is 7.15. The summed E-state index contributed by atoms with van der Waals surface area (Å²) in [6.45, 7) is 2.03. The number of para-hydroxylation sites is 1. The third-order valence-electron chi connectivity index (χ3n) is 5.33. The summed E-state index contributed by atoms with van der Waals surface area (Å²) < 4.78 is 6.13. The lowest BCUT2D eigenvalue weighted by atomic mass is 9.87. The van der Waals surface area contributed by atoms with Gasteiger partial charge in [-0.15, -0.1) is 0 Å². The van der Waals surface area contributed by atoms with E-state index < -0.39 is 5.92 Å². The highest BCUT2D eigenvalue weighted by Crippen LogP contribution is 2.54. The Balaban J connectivity index is 1.65. The lowest BCUT2D eigenvalue weighted by Gasteiger charge is -2.30. The van der Waals surface area contributed by atoms with E-state index in [2.05, 4.69) is 12.1 Å². The van der Waals surface area contributed by atoms with Crippen molar-refractivity contribution < 1.29 is 4.42 Å². The lowest BCUT2D eigenvalue weighted by Crippen LogP contribution is -2.32. The fourth-order valence-electron chi connectivity index (χ4n) is 3.84. The smallest absolute Gasteiger partial charge is 0.134 e. The molecule has 0 bridgehead atoms. The topological polar surface area (TPSA) is 90.0 Å². The highest BCUT2D eigenvalue weighted by Gasteiger charge is 2.41. The minimum Gasteiger partial charge on any atom is -0.460 e. The lowest BCUT2D eigenvalue weighted by molar-refractivity contribution is 0.513. The van der Waals surface area contributed by atoms with Crippen molar-refractivity contribution in [2.45, 2.75) is 17.7 Å². The molecule has 6 heteroatoms. The number of nitriles is 2. The van der Waals surface area contributed by atoms with Gasteiger partial charge in [0, 0.05) is 10.5 Å². The summed E-state index contributed by atoms with van der Waals surface area (Å²) in [5, 5.41) is 20.7. The number of fused-ring (bicyclic) bond motifs is 3. The molecular weight excluding hydrogens is 392 g/mol. The normalized spacial score (nSPS) is 17.4. The molecule has 0 aliphatic carbocycles. The number of furan rings is 1. The monoisotopic (exact) mass is 408 g/mol. The third kappa shape index (κ3) is 2.62. The van der Waals surface area contributed by atoms with Crippen LogP contribution in [0.5, 0.6) is 0 Å². The third-order valence-corrected chi connectivity index (χ3v) is 6.49. The zero-order valence-corrected chi connectivity index (χ0v) is 16.9. The van der Waals surface area contributed by atoms with Crippen LogP contribution in [0.15, 0.2) is 92.0 Å². The van der Waals surface area contributed by atoms with E-state index in [1.165, 1.54) is 11.8 Å². The van der Waals surface area contributed by atoms with Crippen LogP contribution in [0.3, 0.4) is 0 Å². The van der Waals surface area contributed by atoms with Gasteiger partial charge in [-0.2, -0.15) is 10.5 Å². The molecule has 2 N–H and O–H groups in total. The van der Waals surface area contributed by atoms with Gasteiger partial charge in [-0.3, -0.25) is 4.90 Å². The van der Waals surface area contributed by atoms with E-state index in [1.807, 2.05) is 67.6 Å². The molecule has 0 saturated carbocycles. The predicted molar refractivity (Wildman–Crippen MR) is 116 cm³/mol. The Hall–Kier alpha value is -3.87. The summed E-state index contributed by atoms with van der Waals surface area (Å²) in [7, 11) is 0. The number of anilines is 1. The zero-order chi connectivity index (χ0) is 20.8. The summed E-state index contributed by atoms with van der Waals surface area (Å²) in [5.41, 5.74) is 10.2. The van der Waals surface area contributed by atoms with Crippen molar-refractivity contribution in [3.05, 3.63) is 94.0 Å². The summed E-state index contributed by atoms with van der Waals surface area (Å²) in [4.78, 5) is 2.80. The van der Waals surface area contributed by atoms with Crippen molar-refractivity contribution in [1.29, 1.82) is 10.5 Å². The molecule has 5 rings (SSSR count). The van der Waals surface area contributed by atoms with Crippen molar-refractivity contribution in [2.24, 2.45) is 5.73 Å². The van der Waals surface area contributed by atoms with Crippen LogP contribution in [-0.2, 0) is 0 Å². The summed E-state index contributed by atoms with van der Waals surface area (Å²) >= 11 is 1.49. The minimum atomic E-state index is -0.632. The molecule has 0 saturated heterocycles. The van der Waals surface area contributed by atoms with Crippen molar-refractivity contribution in [3.8, 4) is 23.5 Å². The zero-order valence-electron chi connectivity index (χ0n) is 16.1. The Morgan fingerprint density at radius 2 is 1.70 bits per heavy atom. The molecule has 3 heterocycles. The quantitative estimate of drug-likeness (QED) is 0.611. The molecule has 1 aromatic heterocycles. The van der Waals surface area contributed by atoms with Crippen LogP contribution in [0.4, 0.5) is 5.69 Å². The molecule has 2 aliphatic rings. The Morgan fingerprint density at radius 1 is 0.967 bits per heavy atom. The Bertz CT molecular complexity index is 1320. The number of thioether (sulfide) groups is 1. The van der Waals surface area contributed by atoms with Gasteiger partial charge in [0.25, 0.3) is 0 Å². The fraction of sp³-hybridized carbons (Fsp3) is 0.0833. The SMILES string of the molecule is Cc1ccc(-c2ccc([C@@H]3C(C#N)=C(N)N4C(=C3C#N)Sc3ccccc34)o2)cc1. The number of rotatable bonds is 2. The standard InChI is InChI=1S/C24H16N4OS/c1-14-6-8-15(9-7-14)19-10-11-20(29-19)22-16(12-25)23(27)28-18-4-2-3-5-21(18)30-24(28)17(22)13-26/h2-11,22H,27H2,1H3/t22-/m1/s1. The molecule has 1 atom stereocenters. The molecule has 2 aromatic carbocycles. The molecule has 0 amide bonds. The van der Waals surface area contributed by atoms with Gasteiger partial charge >= 0.3 is 0 Å².